The number of hydrogen-bond donors (Lipinski definition) is 2. The Morgan fingerprint density at radius 1 is 1.15 bits per heavy atom. The van der Waals surface area contributed by atoms with Gasteiger partial charge in [0.05, 0.1) is 0 Å². The second kappa shape index (κ2) is 7.38. The molecule has 26 heavy (non-hydrogen) atoms. The van der Waals surface area contributed by atoms with Gasteiger partial charge in [-0.15, -0.1) is 11.3 Å². The van der Waals surface area contributed by atoms with E-state index < -0.39 is 0 Å². The number of carbonyl (C=O) groups is 1. The molecule has 5 heteroatoms. The second-order valence-corrected chi connectivity index (χ2v) is 7.85. The van der Waals surface area contributed by atoms with Crippen molar-refractivity contribution in [1.29, 1.82) is 0 Å². The standard InChI is InChI=1S/C21H23N3OS/c1-15-7-6-8-16(13-15)23-21(25)22-14-18-17-9-2-3-10-19(17)26-20(18)24-11-4-5-12-24/h4-8,11-13H,2-3,9-10,14H2,1H3,(H2,22,23,25). The van der Waals surface area contributed by atoms with Crippen LogP contribution in [0.15, 0.2) is 48.8 Å². The highest BCUT2D eigenvalue weighted by molar-refractivity contribution is 7.14. The van der Waals surface area contributed by atoms with Crippen LogP contribution in [-0.4, -0.2) is 10.6 Å². The third-order valence-electron chi connectivity index (χ3n) is 4.80. The van der Waals surface area contributed by atoms with Crippen molar-refractivity contribution in [3.63, 3.8) is 0 Å². The zero-order valence-electron chi connectivity index (χ0n) is 14.9. The molecule has 2 amide bonds. The highest BCUT2D eigenvalue weighted by atomic mass is 32.1. The highest BCUT2D eigenvalue weighted by Crippen LogP contribution is 2.36. The normalized spacial score (nSPS) is 13.3. The molecule has 0 bridgehead atoms. The van der Waals surface area contributed by atoms with Gasteiger partial charge in [0, 0.05) is 35.1 Å². The second-order valence-electron chi connectivity index (χ2n) is 6.76. The lowest BCUT2D eigenvalue weighted by Gasteiger charge is -2.14. The van der Waals surface area contributed by atoms with E-state index in [2.05, 4.69) is 27.6 Å². The monoisotopic (exact) mass is 365 g/mol. The predicted octanol–water partition coefficient (Wildman–Crippen LogP) is 5.05. The summed E-state index contributed by atoms with van der Waals surface area (Å²) in [4.78, 5) is 13.8. The van der Waals surface area contributed by atoms with Gasteiger partial charge in [-0.25, -0.2) is 4.79 Å². The molecule has 0 aliphatic heterocycles. The van der Waals surface area contributed by atoms with Crippen molar-refractivity contribution in [2.24, 2.45) is 0 Å². The van der Waals surface area contributed by atoms with E-state index in [4.69, 9.17) is 0 Å². The predicted molar refractivity (Wildman–Crippen MR) is 107 cm³/mol. The molecule has 0 unspecified atom stereocenters. The smallest absolute Gasteiger partial charge is 0.319 e. The number of thiophene rings is 1. The minimum absolute atomic E-state index is 0.162. The van der Waals surface area contributed by atoms with Crippen LogP contribution < -0.4 is 10.6 Å². The molecule has 4 rings (SSSR count). The van der Waals surface area contributed by atoms with Crippen LogP contribution in [0.5, 0.6) is 0 Å². The first kappa shape index (κ1) is 16.9. The number of amides is 2. The largest absolute Gasteiger partial charge is 0.334 e. The van der Waals surface area contributed by atoms with Gasteiger partial charge < -0.3 is 15.2 Å². The Morgan fingerprint density at radius 3 is 2.77 bits per heavy atom. The summed E-state index contributed by atoms with van der Waals surface area (Å²) in [6, 6.07) is 11.8. The van der Waals surface area contributed by atoms with Crippen LogP contribution in [0, 0.1) is 6.92 Å². The zero-order valence-corrected chi connectivity index (χ0v) is 15.7. The molecule has 2 N–H and O–H groups in total. The van der Waals surface area contributed by atoms with Gasteiger partial charge in [-0.1, -0.05) is 12.1 Å². The number of urea groups is 1. The molecular weight excluding hydrogens is 342 g/mol. The van der Waals surface area contributed by atoms with Crippen LogP contribution in [0.1, 0.15) is 34.4 Å². The molecule has 3 aromatic rings. The Balaban J connectivity index is 1.52. The Kier molecular flexibility index (Phi) is 4.80. The summed E-state index contributed by atoms with van der Waals surface area (Å²) < 4.78 is 2.17. The number of hydrogen-bond acceptors (Lipinski definition) is 2. The quantitative estimate of drug-likeness (QED) is 0.668. The van der Waals surface area contributed by atoms with Crippen molar-refractivity contribution in [2.75, 3.05) is 5.32 Å². The van der Waals surface area contributed by atoms with E-state index in [0.717, 1.165) is 24.1 Å². The molecular formula is C21H23N3OS. The third-order valence-corrected chi connectivity index (χ3v) is 6.15. The molecule has 0 atom stereocenters. The Labute approximate surface area is 157 Å². The van der Waals surface area contributed by atoms with E-state index in [1.54, 1.807) is 0 Å². The number of aromatic nitrogens is 1. The van der Waals surface area contributed by atoms with Crippen LogP contribution in [0.3, 0.4) is 0 Å². The first-order valence-corrected chi connectivity index (χ1v) is 9.90. The molecule has 134 valence electrons. The zero-order chi connectivity index (χ0) is 17.9. The lowest BCUT2D eigenvalue weighted by atomic mass is 9.95. The SMILES string of the molecule is Cc1cccc(NC(=O)NCc2c(-n3cccc3)sc3c2CCCC3)c1. The topological polar surface area (TPSA) is 46.1 Å². The molecule has 1 aliphatic carbocycles. The van der Waals surface area contributed by atoms with E-state index in [1.165, 1.54) is 33.8 Å². The maximum absolute atomic E-state index is 12.4. The number of benzene rings is 1. The molecule has 0 spiro atoms. The van der Waals surface area contributed by atoms with Crippen molar-refractivity contribution in [3.05, 3.63) is 70.4 Å². The van der Waals surface area contributed by atoms with Crippen LogP contribution in [0.4, 0.5) is 10.5 Å². The lowest BCUT2D eigenvalue weighted by Crippen LogP contribution is -2.28. The van der Waals surface area contributed by atoms with Crippen molar-refractivity contribution in [3.8, 4) is 5.00 Å². The van der Waals surface area contributed by atoms with Crippen LogP contribution in [0.25, 0.3) is 5.00 Å². The summed E-state index contributed by atoms with van der Waals surface area (Å²) >= 11 is 1.87. The van der Waals surface area contributed by atoms with Gasteiger partial charge in [-0.2, -0.15) is 0 Å². The molecule has 0 radical (unpaired) electrons. The van der Waals surface area contributed by atoms with Crippen molar-refractivity contribution in [2.45, 2.75) is 39.2 Å². The number of anilines is 1. The molecule has 1 aliphatic rings. The van der Waals surface area contributed by atoms with Crippen LogP contribution in [0.2, 0.25) is 0 Å². The summed E-state index contributed by atoms with van der Waals surface area (Å²) in [5, 5.41) is 7.21. The molecule has 0 saturated carbocycles. The van der Waals surface area contributed by atoms with E-state index in [9.17, 15) is 4.79 Å². The molecule has 1 aromatic carbocycles. The number of carbonyl (C=O) groups excluding carboxylic acids is 1. The average Bonchev–Trinajstić information content (AvgIpc) is 3.27. The average molecular weight is 366 g/mol. The van der Waals surface area contributed by atoms with Crippen molar-refractivity contribution >= 4 is 23.1 Å². The fourth-order valence-corrected chi connectivity index (χ4v) is 4.92. The van der Waals surface area contributed by atoms with Gasteiger partial charge in [0.15, 0.2) is 0 Å². The molecule has 4 nitrogen and oxygen atoms in total. The van der Waals surface area contributed by atoms with Crippen molar-refractivity contribution < 1.29 is 4.79 Å². The van der Waals surface area contributed by atoms with Gasteiger partial charge in [-0.05, 0) is 68.0 Å². The minimum atomic E-state index is -0.162. The van der Waals surface area contributed by atoms with Gasteiger partial charge in [-0.3, -0.25) is 0 Å². The number of aryl methyl sites for hydroxylation is 2. The summed E-state index contributed by atoms with van der Waals surface area (Å²) in [6.07, 6.45) is 8.92. The first-order valence-electron chi connectivity index (χ1n) is 9.09. The lowest BCUT2D eigenvalue weighted by molar-refractivity contribution is 0.251. The molecule has 2 heterocycles. The minimum Gasteiger partial charge on any atom is -0.334 e. The van der Waals surface area contributed by atoms with Gasteiger partial charge in [0.1, 0.15) is 5.00 Å². The van der Waals surface area contributed by atoms with Crippen LogP contribution in [-0.2, 0) is 19.4 Å². The fourth-order valence-electron chi connectivity index (χ4n) is 3.54. The van der Waals surface area contributed by atoms with E-state index in [0.29, 0.717) is 6.54 Å². The summed E-state index contributed by atoms with van der Waals surface area (Å²) in [5.41, 5.74) is 4.66. The maximum atomic E-state index is 12.4. The fraction of sp³-hybridized carbons (Fsp3) is 0.286. The van der Waals surface area contributed by atoms with Crippen molar-refractivity contribution in [1.82, 2.24) is 9.88 Å². The van der Waals surface area contributed by atoms with E-state index >= 15 is 0 Å². The molecule has 2 aromatic heterocycles. The molecule has 0 fully saturated rings. The number of fused-ring (bicyclic) bond motifs is 1. The highest BCUT2D eigenvalue weighted by Gasteiger charge is 2.21. The van der Waals surface area contributed by atoms with E-state index in [-0.39, 0.29) is 6.03 Å². The molecule has 0 saturated heterocycles. The Bertz CT molecular complexity index is 911. The van der Waals surface area contributed by atoms with Gasteiger partial charge >= 0.3 is 6.03 Å². The van der Waals surface area contributed by atoms with Crippen LogP contribution >= 0.6 is 11.3 Å². The van der Waals surface area contributed by atoms with Gasteiger partial charge in [0.2, 0.25) is 0 Å². The number of nitrogens with zero attached hydrogens (tertiary/aromatic N) is 1. The number of rotatable bonds is 4. The first-order chi connectivity index (χ1) is 12.7. The Hall–Kier alpha value is -2.53. The third kappa shape index (κ3) is 3.53. The summed E-state index contributed by atoms with van der Waals surface area (Å²) in [5.74, 6) is 0. The number of nitrogens with one attached hydrogen (secondary N) is 2. The Morgan fingerprint density at radius 2 is 1.96 bits per heavy atom. The van der Waals surface area contributed by atoms with E-state index in [1.807, 2.05) is 54.7 Å². The summed E-state index contributed by atoms with van der Waals surface area (Å²) in [7, 11) is 0. The van der Waals surface area contributed by atoms with Gasteiger partial charge in [0.25, 0.3) is 0 Å². The maximum Gasteiger partial charge on any atom is 0.319 e. The summed E-state index contributed by atoms with van der Waals surface area (Å²) in [6.45, 7) is 2.57.